The molecule has 0 atom stereocenters. The molecule has 0 saturated heterocycles. The Labute approximate surface area is 117 Å². The van der Waals surface area contributed by atoms with Crippen LogP contribution in [-0.4, -0.2) is 40.6 Å². The van der Waals surface area contributed by atoms with Crippen LogP contribution in [0.1, 0.15) is 44.4 Å². The third-order valence-electron chi connectivity index (χ3n) is 4.01. The minimum atomic E-state index is 0.946. The zero-order valence-electron chi connectivity index (χ0n) is 12.7. The van der Waals surface area contributed by atoms with Gasteiger partial charge in [0, 0.05) is 44.7 Å². The van der Waals surface area contributed by atoms with Crippen LogP contribution in [-0.2, 0) is 25.9 Å². The Morgan fingerprint density at radius 3 is 2.79 bits per heavy atom. The molecule has 0 saturated carbocycles. The minimum absolute atomic E-state index is 0.946. The smallest absolute Gasteiger partial charge is 0.109 e. The normalized spacial score (nSPS) is 14.9. The third-order valence-corrected chi connectivity index (χ3v) is 4.01. The van der Waals surface area contributed by atoms with E-state index in [9.17, 15) is 0 Å². The largest absolute Gasteiger partial charge is 0.330 e. The van der Waals surface area contributed by atoms with Gasteiger partial charge in [0.05, 0.1) is 5.69 Å². The van der Waals surface area contributed by atoms with Gasteiger partial charge in [0.1, 0.15) is 5.82 Å². The summed E-state index contributed by atoms with van der Waals surface area (Å²) in [5.41, 5.74) is 2.75. The van der Waals surface area contributed by atoms with E-state index < -0.39 is 0 Å². The molecule has 0 bridgehead atoms. The summed E-state index contributed by atoms with van der Waals surface area (Å²) >= 11 is 0. The maximum atomic E-state index is 4.80. The molecule has 1 aromatic rings. The van der Waals surface area contributed by atoms with Gasteiger partial charge >= 0.3 is 0 Å². The highest BCUT2D eigenvalue weighted by Crippen LogP contribution is 2.16. The Balaban J connectivity index is 2.08. The molecule has 0 spiro atoms. The molecule has 0 amide bonds. The number of fused-ring (bicyclic) bond motifs is 1. The van der Waals surface area contributed by atoms with Crippen molar-refractivity contribution in [2.24, 2.45) is 0 Å². The van der Waals surface area contributed by atoms with Gasteiger partial charge in [-0.25, -0.2) is 4.98 Å². The molecule has 0 aliphatic carbocycles. The summed E-state index contributed by atoms with van der Waals surface area (Å²) in [6.07, 6.45) is 3.40. The van der Waals surface area contributed by atoms with Gasteiger partial charge in [0.15, 0.2) is 0 Å². The van der Waals surface area contributed by atoms with Crippen molar-refractivity contribution in [1.82, 2.24) is 19.8 Å². The lowest BCUT2D eigenvalue weighted by Crippen LogP contribution is -2.30. The second-order valence-electron chi connectivity index (χ2n) is 5.29. The Bertz CT molecular complexity index is 397. The summed E-state index contributed by atoms with van der Waals surface area (Å²) in [7, 11) is 0. The number of likely N-dealkylation sites (N-methyl/N-ethyl adjacent to an activating group) is 1. The molecular formula is C15H28N4. The lowest BCUT2D eigenvalue weighted by atomic mass is 10.2. The quantitative estimate of drug-likeness (QED) is 0.815. The van der Waals surface area contributed by atoms with Crippen molar-refractivity contribution < 1.29 is 0 Å². The number of imidazole rings is 1. The van der Waals surface area contributed by atoms with Gasteiger partial charge in [-0.3, -0.25) is 0 Å². The van der Waals surface area contributed by atoms with E-state index in [0.29, 0.717) is 0 Å². The monoisotopic (exact) mass is 264 g/mol. The number of aryl methyl sites for hydroxylation is 1. The van der Waals surface area contributed by atoms with Crippen LogP contribution in [0.15, 0.2) is 0 Å². The second-order valence-corrected chi connectivity index (χ2v) is 5.29. The minimum Gasteiger partial charge on any atom is -0.330 e. The fourth-order valence-electron chi connectivity index (χ4n) is 2.95. The fourth-order valence-corrected chi connectivity index (χ4v) is 2.95. The zero-order valence-corrected chi connectivity index (χ0v) is 12.7. The van der Waals surface area contributed by atoms with E-state index in [1.165, 1.54) is 30.2 Å². The summed E-state index contributed by atoms with van der Waals surface area (Å²) in [5, 5.41) is 3.42. The Morgan fingerprint density at radius 1 is 1.26 bits per heavy atom. The van der Waals surface area contributed by atoms with Gasteiger partial charge in [-0.1, -0.05) is 20.8 Å². The maximum absolute atomic E-state index is 4.80. The predicted octanol–water partition coefficient (Wildman–Crippen LogP) is 1.82. The van der Waals surface area contributed by atoms with E-state index in [1.807, 2.05) is 0 Å². The average molecular weight is 264 g/mol. The van der Waals surface area contributed by atoms with Crippen LogP contribution in [0, 0.1) is 0 Å². The standard InChI is InChI=1S/C15H28N4/c1-4-9-18(6-3)10-11-19-14-7-8-16-12-13(14)17-15(19)5-2/h16H,4-12H2,1-3H3. The predicted molar refractivity (Wildman–Crippen MR) is 79.4 cm³/mol. The van der Waals surface area contributed by atoms with Crippen molar-refractivity contribution in [1.29, 1.82) is 0 Å². The molecule has 0 unspecified atom stereocenters. The highest BCUT2D eigenvalue weighted by atomic mass is 15.2. The van der Waals surface area contributed by atoms with Crippen molar-refractivity contribution in [3.05, 3.63) is 17.2 Å². The second kappa shape index (κ2) is 7.06. The molecule has 1 aliphatic rings. The molecule has 4 nitrogen and oxygen atoms in total. The van der Waals surface area contributed by atoms with E-state index in [1.54, 1.807) is 0 Å². The van der Waals surface area contributed by atoms with Crippen LogP contribution in [0.2, 0.25) is 0 Å². The Hall–Kier alpha value is -0.870. The summed E-state index contributed by atoms with van der Waals surface area (Å²) in [4.78, 5) is 7.34. The van der Waals surface area contributed by atoms with Gasteiger partial charge in [-0.05, 0) is 19.5 Å². The molecule has 4 heteroatoms. The van der Waals surface area contributed by atoms with Gasteiger partial charge in [0.25, 0.3) is 0 Å². The summed E-state index contributed by atoms with van der Waals surface area (Å²) in [6, 6.07) is 0. The van der Waals surface area contributed by atoms with Crippen LogP contribution < -0.4 is 5.32 Å². The van der Waals surface area contributed by atoms with Crippen LogP contribution in [0.5, 0.6) is 0 Å². The van der Waals surface area contributed by atoms with E-state index in [-0.39, 0.29) is 0 Å². The van der Waals surface area contributed by atoms with Crippen LogP contribution in [0.25, 0.3) is 0 Å². The summed E-state index contributed by atoms with van der Waals surface area (Å²) in [5.74, 6) is 1.27. The van der Waals surface area contributed by atoms with Crippen molar-refractivity contribution >= 4 is 0 Å². The molecule has 0 aromatic carbocycles. The first-order valence-electron chi connectivity index (χ1n) is 7.80. The van der Waals surface area contributed by atoms with Crippen LogP contribution in [0.4, 0.5) is 0 Å². The van der Waals surface area contributed by atoms with E-state index in [4.69, 9.17) is 4.98 Å². The van der Waals surface area contributed by atoms with Crippen molar-refractivity contribution in [2.75, 3.05) is 26.2 Å². The molecule has 108 valence electrons. The topological polar surface area (TPSA) is 33.1 Å². The van der Waals surface area contributed by atoms with E-state index in [0.717, 1.165) is 45.6 Å². The highest BCUT2D eigenvalue weighted by Gasteiger charge is 2.18. The first-order valence-corrected chi connectivity index (χ1v) is 7.80. The maximum Gasteiger partial charge on any atom is 0.109 e. The fraction of sp³-hybridized carbons (Fsp3) is 0.800. The van der Waals surface area contributed by atoms with Gasteiger partial charge in [0.2, 0.25) is 0 Å². The molecule has 1 aliphatic heterocycles. The van der Waals surface area contributed by atoms with Gasteiger partial charge < -0.3 is 14.8 Å². The third kappa shape index (κ3) is 3.37. The molecule has 19 heavy (non-hydrogen) atoms. The van der Waals surface area contributed by atoms with Crippen molar-refractivity contribution in [3.8, 4) is 0 Å². The molecule has 1 aromatic heterocycles. The molecule has 2 rings (SSSR count). The Morgan fingerprint density at radius 2 is 2.11 bits per heavy atom. The zero-order chi connectivity index (χ0) is 13.7. The molecule has 0 fully saturated rings. The first-order chi connectivity index (χ1) is 9.30. The van der Waals surface area contributed by atoms with E-state index in [2.05, 4.69) is 35.6 Å². The molecule has 1 N–H and O–H groups in total. The summed E-state index contributed by atoms with van der Waals surface area (Å²) in [6.45, 7) is 13.4. The van der Waals surface area contributed by atoms with Crippen molar-refractivity contribution in [2.45, 2.75) is 53.1 Å². The lowest BCUT2D eigenvalue weighted by molar-refractivity contribution is 0.274. The highest BCUT2D eigenvalue weighted by molar-refractivity contribution is 5.20. The average Bonchev–Trinajstić information content (AvgIpc) is 2.81. The number of hydrogen-bond acceptors (Lipinski definition) is 3. The molecular weight excluding hydrogens is 236 g/mol. The van der Waals surface area contributed by atoms with E-state index >= 15 is 0 Å². The SMILES string of the molecule is CCCN(CC)CCn1c(CC)nc2c1CCNC2. The van der Waals surface area contributed by atoms with Gasteiger partial charge in [-0.2, -0.15) is 0 Å². The number of hydrogen-bond donors (Lipinski definition) is 1. The van der Waals surface area contributed by atoms with Crippen LogP contribution >= 0.6 is 0 Å². The van der Waals surface area contributed by atoms with Crippen LogP contribution in [0.3, 0.4) is 0 Å². The van der Waals surface area contributed by atoms with Gasteiger partial charge in [-0.15, -0.1) is 0 Å². The molecule has 2 heterocycles. The Kier molecular flexibility index (Phi) is 5.40. The molecule has 0 radical (unpaired) electrons. The number of rotatable bonds is 7. The lowest BCUT2D eigenvalue weighted by Gasteiger charge is -2.22. The number of aromatic nitrogens is 2. The summed E-state index contributed by atoms with van der Waals surface area (Å²) < 4.78 is 2.48. The number of nitrogens with zero attached hydrogens (tertiary/aromatic N) is 3. The first kappa shape index (κ1) is 14.5. The number of nitrogens with one attached hydrogen (secondary N) is 1. The van der Waals surface area contributed by atoms with Crippen molar-refractivity contribution in [3.63, 3.8) is 0 Å².